The van der Waals surface area contributed by atoms with Crippen LogP contribution in [0, 0.1) is 5.82 Å². The maximum absolute atomic E-state index is 13.2. The summed E-state index contributed by atoms with van der Waals surface area (Å²) in [5, 5.41) is 0. The van der Waals surface area contributed by atoms with Crippen LogP contribution in [0.4, 0.5) is 4.39 Å². The molecule has 0 fully saturated rings. The Morgan fingerprint density at radius 3 is 1.96 bits per heavy atom. The lowest BCUT2D eigenvalue weighted by atomic mass is 10.1. The van der Waals surface area contributed by atoms with Crippen molar-refractivity contribution in [3.8, 4) is 0 Å². The Labute approximate surface area is 157 Å². The Kier molecular flexibility index (Phi) is 5.62. The van der Waals surface area contributed by atoms with Crippen LogP contribution in [0.25, 0.3) is 6.08 Å². The molecular formula is C22H17FO3S. The first-order chi connectivity index (χ1) is 13.0. The minimum absolute atomic E-state index is 0.280. The Morgan fingerprint density at radius 2 is 1.37 bits per heavy atom. The quantitative estimate of drug-likeness (QED) is 0.461. The van der Waals surface area contributed by atoms with Gasteiger partial charge in [0.1, 0.15) is 10.7 Å². The van der Waals surface area contributed by atoms with Crippen molar-refractivity contribution in [2.75, 3.05) is 0 Å². The molecule has 0 aliphatic heterocycles. The third kappa shape index (κ3) is 4.77. The Bertz CT molecular complexity index is 1060. The van der Waals surface area contributed by atoms with E-state index in [1.807, 2.05) is 0 Å². The molecule has 0 aliphatic rings. The van der Waals surface area contributed by atoms with Crippen molar-refractivity contribution in [2.45, 2.75) is 5.75 Å². The summed E-state index contributed by atoms with van der Waals surface area (Å²) in [4.78, 5) is 12.6. The lowest BCUT2D eigenvalue weighted by Crippen LogP contribution is -2.16. The van der Waals surface area contributed by atoms with Gasteiger partial charge in [-0.15, -0.1) is 0 Å². The number of carbonyl (C=O) groups excluding carboxylic acids is 1. The molecule has 0 atom stereocenters. The molecule has 0 aromatic heterocycles. The van der Waals surface area contributed by atoms with Crippen molar-refractivity contribution in [3.63, 3.8) is 0 Å². The maximum Gasteiger partial charge on any atom is 0.204 e. The van der Waals surface area contributed by atoms with E-state index < -0.39 is 21.4 Å². The number of benzene rings is 3. The van der Waals surface area contributed by atoms with Gasteiger partial charge >= 0.3 is 0 Å². The smallest absolute Gasteiger partial charge is 0.204 e. The first-order valence-electron chi connectivity index (χ1n) is 8.29. The van der Waals surface area contributed by atoms with Gasteiger partial charge in [0.2, 0.25) is 5.78 Å². The van der Waals surface area contributed by atoms with Crippen LogP contribution in [0.3, 0.4) is 0 Å². The fourth-order valence-corrected chi connectivity index (χ4v) is 4.11. The van der Waals surface area contributed by atoms with Gasteiger partial charge in [0.05, 0.1) is 5.75 Å². The standard InChI is InChI=1S/C22H17FO3S/c23-20-13-11-17(12-14-20)15-21(22(24)19-9-5-2-6-10-19)27(25,26)16-18-7-3-1-4-8-18/h1-15H,16H2/b21-15-. The molecule has 5 heteroatoms. The number of halogens is 1. The van der Waals surface area contributed by atoms with E-state index in [9.17, 15) is 17.6 Å². The van der Waals surface area contributed by atoms with Crippen molar-refractivity contribution in [2.24, 2.45) is 0 Å². The summed E-state index contributed by atoms with van der Waals surface area (Å²) < 4.78 is 39.2. The second-order valence-corrected chi connectivity index (χ2v) is 7.96. The zero-order chi connectivity index (χ0) is 19.3. The van der Waals surface area contributed by atoms with Gasteiger partial charge in [-0.25, -0.2) is 12.8 Å². The number of ketones is 1. The number of hydrogen-bond acceptors (Lipinski definition) is 3. The molecule has 0 unspecified atom stereocenters. The molecule has 3 nitrogen and oxygen atoms in total. The molecule has 0 saturated carbocycles. The predicted molar refractivity (Wildman–Crippen MR) is 104 cm³/mol. The lowest BCUT2D eigenvalue weighted by molar-refractivity contribution is 0.104. The van der Waals surface area contributed by atoms with Gasteiger partial charge in [-0.1, -0.05) is 72.8 Å². The fourth-order valence-electron chi connectivity index (χ4n) is 2.61. The van der Waals surface area contributed by atoms with E-state index >= 15 is 0 Å². The van der Waals surface area contributed by atoms with Crippen molar-refractivity contribution in [1.82, 2.24) is 0 Å². The topological polar surface area (TPSA) is 51.2 Å². The van der Waals surface area contributed by atoms with E-state index in [1.165, 1.54) is 30.3 Å². The minimum Gasteiger partial charge on any atom is -0.288 e. The van der Waals surface area contributed by atoms with E-state index in [4.69, 9.17) is 0 Å². The second-order valence-electron chi connectivity index (χ2n) is 6.00. The van der Waals surface area contributed by atoms with Crippen molar-refractivity contribution >= 4 is 21.7 Å². The third-order valence-corrected chi connectivity index (χ3v) is 5.65. The number of Topliss-reactive ketones (excluding diaryl/α,β-unsaturated/α-hetero) is 1. The van der Waals surface area contributed by atoms with Gasteiger partial charge in [0.15, 0.2) is 9.84 Å². The van der Waals surface area contributed by atoms with Gasteiger partial charge in [-0.2, -0.15) is 0 Å². The molecule has 3 aromatic rings. The highest BCUT2D eigenvalue weighted by molar-refractivity contribution is 7.95. The van der Waals surface area contributed by atoms with E-state index in [2.05, 4.69) is 0 Å². The van der Waals surface area contributed by atoms with Crippen LogP contribution in [0.2, 0.25) is 0 Å². The van der Waals surface area contributed by atoms with Gasteiger partial charge in [-0.3, -0.25) is 4.79 Å². The number of sulfone groups is 1. The van der Waals surface area contributed by atoms with Gasteiger partial charge in [0.25, 0.3) is 0 Å². The molecule has 0 heterocycles. The number of hydrogen-bond donors (Lipinski definition) is 0. The average molecular weight is 380 g/mol. The normalized spacial score (nSPS) is 12.0. The summed E-state index contributed by atoms with van der Waals surface area (Å²) >= 11 is 0. The molecule has 3 rings (SSSR count). The Morgan fingerprint density at radius 1 is 0.815 bits per heavy atom. The SMILES string of the molecule is O=C(/C(=C/c1ccc(F)cc1)S(=O)(=O)Cc1ccccc1)c1ccccc1. The summed E-state index contributed by atoms with van der Waals surface area (Å²) in [7, 11) is -3.91. The van der Waals surface area contributed by atoms with Crippen LogP contribution in [0.1, 0.15) is 21.5 Å². The molecule has 0 N–H and O–H groups in total. The molecule has 0 aliphatic carbocycles. The number of allylic oxidation sites excluding steroid dienone is 1. The second kappa shape index (κ2) is 8.10. The molecule has 0 spiro atoms. The van der Waals surface area contributed by atoms with E-state index in [-0.39, 0.29) is 16.2 Å². The lowest BCUT2D eigenvalue weighted by Gasteiger charge is -2.09. The molecule has 0 radical (unpaired) electrons. The van der Waals surface area contributed by atoms with Crippen molar-refractivity contribution in [1.29, 1.82) is 0 Å². The molecule has 0 amide bonds. The summed E-state index contributed by atoms with van der Waals surface area (Å²) in [5.74, 6) is -1.31. The predicted octanol–water partition coefficient (Wildman–Crippen LogP) is 4.66. The van der Waals surface area contributed by atoms with E-state index in [1.54, 1.807) is 60.7 Å². The molecule has 27 heavy (non-hydrogen) atoms. The molecule has 136 valence electrons. The molecule has 0 saturated heterocycles. The first-order valence-corrected chi connectivity index (χ1v) is 9.95. The highest BCUT2D eigenvalue weighted by atomic mass is 32.2. The fraction of sp³-hybridized carbons (Fsp3) is 0.0455. The van der Waals surface area contributed by atoms with E-state index in [0.29, 0.717) is 11.1 Å². The van der Waals surface area contributed by atoms with Crippen LogP contribution in [-0.4, -0.2) is 14.2 Å². The highest BCUT2D eigenvalue weighted by Crippen LogP contribution is 2.22. The first kappa shape index (κ1) is 18.7. The summed E-state index contributed by atoms with van der Waals surface area (Å²) in [5.41, 5.74) is 1.30. The summed E-state index contributed by atoms with van der Waals surface area (Å²) in [6.45, 7) is 0. The van der Waals surface area contributed by atoms with E-state index in [0.717, 1.165) is 0 Å². The monoisotopic (exact) mass is 380 g/mol. The highest BCUT2D eigenvalue weighted by Gasteiger charge is 2.26. The number of carbonyl (C=O) groups is 1. The van der Waals surface area contributed by atoms with Crippen molar-refractivity contribution < 1.29 is 17.6 Å². The third-order valence-electron chi connectivity index (χ3n) is 3.96. The Balaban J connectivity index is 2.06. The van der Waals surface area contributed by atoms with Gasteiger partial charge in [0, 0.05) is 5.56 Å². The molecule has 3 aromatic carbocycles. The Hall–Kier alpha value is -3.05. The molecular weight excluding hydrogens is 363 g/mol. The largest absolute Gasteiger partial charge is 0.288 e. The van der Waals surface area contributed by atoms with Crippen LogP contribution in [0.15, 0.2) is 89.8 Å². The van der Waals surface area contributed by atoms with Gasteiger partial charge in [-0.05, 0) is 29.3 Å². The summed E-state index contributed by atoms with van der Waals surface area (Å²) in [6.07, 6.45) is 1.30. The zero-order valence-corrected chi connectivity index (χ0v) is 15.2. The maximum atomic E-state index is 13.2. The van der Waals surface area contributed by atoms with Gasteiger partial charge < -0.3 is 0 Å². The summed E-state index contributed by atoms with van der Waals surface area (Å²) in [6, 6.07) is 22.2. The molecule has 0 bridgehead atoms. The zero-order valence-electron chi connectivity index (χ0n) is 14.4. The van der Waals surface area contributed by atoms with Crippen molar-refractivity contribution in [3.05, 3.63) is 112 Å². The minimum atomic E-state index is -3.91. The van der Waals surface area contributed by atoms with Crippen LogP contribution in [0.5, 0.6) is 0 Å². The van der Waals surface area contributed by atoms with Crippen LogP contribution in [-0.2, 0) is 15.6 Å². The van der Waals surface area contributed by atoms with Crippen LogP contribution >= 0.6 is 0 Å². The number of rotatable bonds is 6. The van der Waals surface area contributed by atoms with Crippen LogP contribution < -0.4 is 0 Å². The average Bonchev–Trinajstić information content (AvgIpc) is 2.68.